The zero-order chi connectivity index (χ0) is 21.2. The molecule has 1 aliphatic rings. The molecule has 1 amide bonds. The fourth-order valence-corrected chi connectivity index (χ4v) is 3.66. The van der Waals surface area contributed by atoms with Crippen LogP contribution in [-0.2, 0) is 19.1 Å². The van der Waals surface area contributed by atoms with Gasteiger partial charge in [0.25, 0.3) is 0 Å². The first kappa shape index (κ1) is 25.7. The number of rotatable bonds is 16. The molecule has 168 valence electrons. The van der Waals surface area contributed by atoms with Crippen LogP contribution in [0.2, 0.25) is 0 Å². The first-order valence-corrected chi connectivity index (χ1v) is 11.8. The van der Waals surface area contributed by atoms with Gasteiger partial charge in [0.2, 0.25) is 5.91 Å². The standard InChI is InChI=1S/C24H43NO4/c1-3-4-5-12-15-23(29-22(2)26)16-13-10-8-6-7-9-11-14-17-24(27)25-18-20-28-21-19-25/h10,13,23H,3-9,11-12,14-21H2,1-2H3/b13-10-. The first-order chi connectivity index (χ1) is 14.1. The lowest BCUT2D eigenvalue weighted by Crippen LogP contribution is -2.40. The van der Waals surface area contributed by atoms with E-state index in [1.165, 1.54) is 45.4 Å². The molecule has 5 heteroatoms. The number of esters is 1. The van der Waals surface area contributed by atoms with Crippen LogP contribution in [0.25, 0.3) is 0 Å². The summed E-state index contributed by atoms with van der Waals surface area (Å²) in [6.45, 7) is 6.57. The third-order valence-electron chi connectivity index (χ3n) is 5.40. The van der Waals surface area contributed by atoms with Crippen molar-refractivity contribution < 1.29 is 19.1 Å². The number of carbonyl (C=O) groups excluding carboxylic acids is 2. The van der Waals surface area contributed by atoms with E-state index in [2.05, 4.69) is 19.1 Å². The Morgan fingerprint density at radius 2 is 1.66 bits per heavy atom. The van der Waals surface area contributed by atoms with Crippen LogP contribution in [0.15, 0.2) is 12.2 Å². The van der Waals surface area contributed by atoms with E-state index >= 15 is 0 Å². The highest BCUT2D eigenvalue weighted by Crippen LogP contribution is 2.14. The number of carbonyl (C=O) groups is 2. The van der Waals surface area contributed by atoms with E-state index in [9.17, 15) is 9.59 Å². The van der Waals surface area contributed by atoms with Crippen molar-refractivity contribution in [3.63, 3.8) is 0 Å². The molecular formula is C24H43NO4. The van der Waals surface area contributed by atoms with Crippen molar-refractivity contribution in [3.05, 3.63) is 12.2 Å². The van der Waals surface area contributed by atoms with Gasteiger partial charge in [-0.2, -0.15) is 0 Å². The number of morpholine rings is 1. The van der Waals surface area contributed by atoms with Crippen LogP contribution in [0, 0.1) is 0 Å². The molecule has 0 N–H and O–H groups in total. The number of hydrogen-bond acceptors (Lipinski definition) is 4. The quantitative estimate of drug-likeness (QED) is 0.194. The highest BCUT2D eigenvalue weighted by Gasteiger charge is 2.15. The normalized spacial score (nSPS) is 15.6. The van der Waals surface area contributed by atoms with Crippen molar-refractivity contribution in [1.82, 2.24) is 4.90 Å². The second kappa shape index (κ2) is 17.5. The molecule has 0 aromatic heterocycles. The first-order valence-electron chi connectivity index (χ1n) is 11.8. The highest BCUT2D eigenvalue weighted by molar-refractivity contribution is 5.76. The molecule has 0 radical (unpaired) electrons. The number of nitrogens with zero attached hydrogens (tertiary/aromatic N) is 1. The summed E-state index contributed by atoms with van der Waals surface area (Å²) in [5, 5.41) is 0. The minimum Gasteiger partial charge on any atom is -0.462 e. The molecule has 0 spiro atoms. The van der Waals surface area contributed by atoms with Gasteiger partial charge >= 0.3 is 5.97 Å². The third-order valence-corrected chi connectivity index (χ3v) is 5.40. The maximum atomic E-state index is 12.1. The van der Waals surface area contributed by atoms with Crippen molar-refractivity contribution in [2.45, 2.75) is 103 Å². The molecule has 5 nitrogen and oxygen atoms in total. The van der Waals surface area contributed by atoms with Gasteiger partial charge in [-0.3, -0.25) is 9.59 Å². The lowest BCUT2D eigenvalue weighted by Gasteiger charge is -2.26. The minimum atomic E-state index is -0.175. The van der Waals surface area contributed by atoms with Crippen LogP contribution >= 0.6 is 0 Å². The topological polar surface area (TPSA) is 55.8 Å². The predicted molar refractivity (Wildman–Crippen MR) is 118 cm³/mol. The van der Waals surface area contributed by atoms with Crippen LogP contribution in [0.1, 0.15) is 97.3 Å². The van der Waals surface area contributed by atoms with Gasteiger partial charge in [0.05, 0.1) is 13.2 Å². The second-order valence-electron chi connectivity index (χ2n) is 8.09. The molecule has 1 saturated heterocycles. The van der Waals surface area contributed by atoms with Crippen molar-refractivity contribution >= 4 is 11.9 Å². The van der Waals surface area contributed by atoms with Gasteiger partial charge in [-0.25, -0.2) is 0 Å². The Morgan fingerprint density at radius 3 is 2.38 bits per heavy atom. The van der Waals surface area contributed by atoms with Crippen molar-refractivity contribution in [3.8, 4) is 0 Å². The molecule has 0 aromatic rings. The molecule has 1 aliphatic heterocycles. The lowest BCUT2D eigenvalue weighted by molar-refractivity contribution is -0.146. The molecule has 0 aliphatic carbocycles. The van der Waals surface area contributed by atoms with Gasteiger partial charge in [-0.05, 0) is 32.1 Å². The summed E-state index contributed by atoms with van der Waals surface area (Å²) in [5.41, 5.74) is 0. The Hall–Kier alpha value is -1.36. The summed E-state index contributed by atoms with van der Waals surface area (Å²) < 4.78 is 10.7. The molecule has 1 atom stereocenters. The van der Waals surface area contributed by atoms with E-state index in [0.29, 0.717) is 19.6 Å². The maximum Gasteiger partial charge on any atom is 0.302 e. The van der Waals surface area contributed by atoms with Crippen LogP contribution in [0.4, 0.5) is 0 Å². The minimum absolute atomic E-state index is 0.0320. The van der Waals surface area contributed by atoms with Gasteiger partial charge in [0.1, 0.15) is 6.10 Å². The molecule has 1 unspecified atom stereocenters. The monoisotopic (exact) mass is 409 g/mol. The van der Waals surface area contributed by atoms with Crippen molar-refractivity contribution in [2.24, 2.45) is 0 Å². The highest BCUT2D eigenvalue weighted by atomic mass is 16.5. The average Bonchev–Trinajstić information content (AvgIpc) is 2.72. The largest absolute Gasteiger partial charge is 0.462 e. The zero-order valence-corrected chi connectivity index (χ0v) is 18.8. The number of ether oxygens (including phenoxy) is 2. The van der Waals surface area contributed by atoms with Gasteiger partial charge < -0.3 is 14.4 Å². The Morgan fingerprint density at radius 1 is 0.966 bits per heavy atom. The predicted octanol–water partition coefficient (Wildman–Crippen LogP) is 5.42. The second-order valence-corrected chi connectivity index (χ2v) is 8.09. The molecule has 29 heavy (non-hydrogen) atoms. The number of unbranched alkanes of at least 4 members (excludes halogenated alkanes) is 8. The summed E-state index contributed by atoms with van der Waals surface area (Å²) in [6, 6.07) is 0. The van der Waals surface area contributed by atoms with E-state index in [4.69, 9.17) is 9.47 Å². The average molecular weight is 410 g/mol. The van der Waals surface area contributed by atoms with Crippen LogP contribution in [-0.4, -0.2) is 49.2 Å². The Balaban J connectivity index is 2.00. The zero-order valence-electron chi connectivity index (χ0n) is 18.8. The fraction of sp³-hybridized carbons (Fsp3) is 0.833. The summed E-state index contributed by atoms with van der Waals surface area (Å²) in [4.78, 5) is 25.2. The van der Waals surface area contributed by atoms with E-state index in [1.807, 2.05) is 4.90 Å². The molecule has 1 fully saturated rings. The van der Waals surface area contributed by atoms with Crippen molar-refractivity contribution in [1.29, 1.82) is 0 Å². The molecule has 1 heterocycles. The van der Waals surface area contributed by atoms with Crippen LogP contribution in [0.5, 0.6) is 0 Å². The Labute approximate surface area is 178 Å². The van der Waals surface area contributed by atoms with Gasteiger partial charge in [-0.15, -0.1) is 0 Å². The SMILES string of the molecule is CCCCCCC(C/C=C\CCCCCCCC(=O)N1CCOCC1)OC(C)=O. The van der Waals surface area contributed by atoms with Crippen LogP contribution in [0.3, 0.4) is 0 Å². The third kappa shape index (κ3) is 14.3. The van der Waals surface area contributed by atoms with E-state index < -0.39 is 0 Å². The lowest BCUT2D eigenvalue weighted by atomic mass is 10.1. The van der Waals surface area contributed by atoms with Gasteiger partial charge in [-0.1, -0.05) is 57.6 Å². The van der Waals surface area contributed by atoms with Crippen LogP contribution < -0.4 is 0 Å². The van der Waals surface area contributed by atoms with Gasteiger partial charge in [0, 0.05) is 32.9 Å². The maximum absolute atomic E-state index is 12.1. The summed E-state index contributed by atoms with van der Waals surface area (Å²) in [7, 11) is 0. The Kier molecular flexibility index (Phi) is 15.5. The van der Waals surface area contributed by atoms with Gasteiger partial charge in [0.15, 0.2) is 0 Å². The van der Waals surface area contributed by atoms with E-state index in [-0.39, 0.29) is 18.0 Å². The molecular weight excluding hydrogens is 366 g/mol. The molecule has 0 bridgehead atoms. The molecule has 0 saturated carbocycles. The fourth-order valence-electron chi connectivity index (χ4n) is 3.66. The smallest absolute Gasteiger partial charge is 0.302 e. The molecule has 1 rings (SSSR count). The number of hydrogen-bond donors (Lipinski definition) is 0. The van der Waals surface area contributed by atoms with E-state index in [1.54, 1.807) is 0 Å². The van der Waals surface area contributed by atoms with E-state index in [0.717, 1.165) is 51.6 Å². The van der Waals surface area contributed by atoms with Crippen molar-refractivity contribution in [2.75, 3.05) is 26.3 Å². The number of allylic oxidation sites excluding steroid dienone is 1. The molecule has 0 aromatic carbocycles. The Bertz CT molecular complexity index is 458. The summed E-state index contributed by atoms with van der Waals surface area (Å²) in [6.07, 6.45) is 18.5. The summed E-state index contributed by atoms with van der Waals surface area (Å²) in [5.74, 6) is 0.110. The number of amides is 1. The summed E-state index contributed by atoms with van der Waals surface area (Å²) >= 11 is 0.